The summed E-state index contributed by atoms with van der Waals surface area (Å²) < 4.78 is 19.1. The van der Waals surface area contributed by atoms with Crippen LogP contribution in [0.25, 0.3) is 6.08 Å². The molecule has 3 heterocycles. The number of aliphatic hydroxyl groups excluding tert-OH is 1. The van der Waals surface area contributed by atoms with E-state index >= 15 is 0 Å². The summed E-state index contributed by atoms with van der Waals surface area (Å²) >= 11 is 0. The number of H-pyrrole nitrogens is 1. The lowest BCUT2D eigenvalue weighted by atomic mass is 10.2. The van der Waals surface area contributed by atoms with Gasteiger partial charge in [0.1, 0.15) is 18.1 Å². The average Bonchev–Trinajstić information content (AvgIpc) is 3.47. The standard InChI is InChI=1S/C21H31N6O5P/c28-16-11-20(32-17(16)13-31-33)27-10-7-18(26-21(27)30)23-8-3-1-2-4-9-24-19(29)6-5-15-12-22-14-25-15/h5-7,10,12,14,16-17,20,28H,1-4,8-9,11,13,33H2,(H,22,25)(H,24,29)(H,23,26,30)/i33T. The number of carbonyl (C=O) groups excluding carboxylic acids is 1. The Morgan fingerprint density at radius 2 is 2.27 bits per heavy atom. The second-order valence-electron chi connectivity index (χ2n) is 7.72. The van der Waals surface area contributed by atoms with Crippen LogP contribution in [0.2, 0.25) is 0 Å². The smallest absolute Gasteiger partial charge is 0.351 e. The first-order valence-corrected chi connectivity index (χ1v) is 11.4. The summed E-state index contributed by atoms with van der Waals surface area (Å²) in [5, 5.41) is 16.1. The Morgan fingerprint density at radius 3 is 3.03 bits per heavy atom. The molecule has 0 spiro atoms. The molecule has 0 radical (unpaired) electrons. The van der Waals surface area contributed by atoms with Gasteiger partial charge in [0.2, 0.25) is 5.91 Å². The number of aliphatic hydroxyl groups is 1. The molecule has 2 aromatic rings. The van der Waals surface area contributed by atoms with Gasteiger partial charge in [-0.05, 0) is 25.0 Å². The molecular formula is C21H31N6O5P. The highest BCUT2D eigenvalue weighted by molar-refractivity contribution is 7.09. The van der Waals surface area contributed by atoms with Gasteiger partial charge in [0.15, 0.2) is 0 Å². The van der Waals surface area contributed by atoms with E-state index in [1.165, 1.54) is 10.6 Å². The van der Waals surface area contributed by atoms with Crippen LogP contribution < -0.4 is 16.3 Å². The van der Waals surface area contributed by atoms with E-state index in [0.29, 0.717) is 18.9 Å². The van der Waals surface area contributed by atoms with Crippen LogP contribution in [-0.4, -0.2) is 63.7 Å². The Kier molecular flexibility index (Phi) is 9.42. The van der Waals surface area contributed by atoms with Crippen LogP contribution in [0.1, 0.15) is 44.0 Å². The summed E-state index contributed by atoms with van der Waals surface area (Å²) in [6, 6.07) is 1.71. The molecule has 4 unspecified atom stereocenters. The highest BCUT2D eigenvalue weighted by atomic mass is 31.0. The minimum Gasteiger partial charge on any atom is -0.390 e. The fourth-order valence-electron chi connectivity index (χ4n) is 3.46. The van der Waals surface area contributed by atoms with E-state index in [2.05, 4.69) is 25.6 Å². The molecule has 4 N–H and O–H groups in total. The van der Waals surface area contributed by atoms with Crippen molar-refractivity contribution in [3.63, 3.8) is 0 Å². The van der Waals surface area contributed by atoms with Crippen molar-refractivity contribution in [2.75, 3.05) is 25.0 Å². The zero-order chi connectivity index (χ0) is 24.2. The highest BCUT2D eigenvalue weighted by Crippen LogP contribution is 2.28. The van der Waals surface area contributed by atoms with Gasteiger partial charge in [0.25, 0.3) is 0 Å². The van der Waals surface area contributed by atoms with Gasteiger partial charge >= 0.3 is 5.69 Å². The number of carbonyl (C=O) groups is 1. The number of hydrogen-bond acceptors (Lipinski definition) is 8. The second-order valence-corrected chi connectivity index (χ2v) is 8.01. The van der Waals surface area contributed by atoms with Gasteiger partial charge in [-0.15, -0.1) is 0 Å². The zero-order valence-electron chi connectivity index (χ0n) is 19.3. The number of unbranched alkanes of at least 4 members (excludes halogenated alkanes) is 3. The molecule has 1 aliphatic heterocycles. The molecule has 180 valence electrons. The molecule has 1 aliphatic rings. The van der Waals surface area contributed by atoms with Gasteiger partial charge in [0, 0.05) is 41.2 Å². The van der Waals surface area contributed by atoms with Crippen molar-refractivity contribution in [3.8, 4) is 0 Å². The first-order chi connectivity index (χ1) is 16.6. The molecule has 0 aromatic carbocycles. The van der Waals surface area contributed by atoms with Crippen LogP contribution in [0.5, 0.6) is 0 Å². The maximum absolute atomic E-state index is 12.4. The maximum Gasteiger partial charge on any atom is 0.351 e. The Labute approximate surface area is 195 Å². The number of amides is 1. The van der Waals surface area contributed by atoms with Gasteiger partial charge in [-0.2, -0.15) is 4.98 Å². The lowest BCUT2D eigenvalue weighted by Gasteiger charge is -2.15. The van der Waals surface area contributed by atoms with Gasteiger partial charge in [-0.3, -0.25) is 9.36 Å². The molecule has 1 saturated heterocycles. The van der Waals surface area contributed by atoms with Crippen molar-refractivity contribution in [2.24, 2.45) is 0 Å². The van der Waals surface area contributed by atoms with Crippen molar-refractivity contribution in [3.05, 3.63) is 47.0 Å². The van der Waals surface area contributed by atoms with Gasteiger partial charge < -0.3 is 30.0 Å². The largest absolute Gasteiger partial charge is 0.390 e. The molecule has 12 heteroatoms. The van der Waals surface area contributed by atoms with Crippen molar-refractivity contribution in [2.45, 2.75) is 50.5 Å². The second kappa shape index (κ2) is 13.2. The Morgan fingerprint density at radius 1 is 1.42 bits per heavy atom. The Bertz CT molecular complexity index is 973. The predicted molar refractivity (Wildman–Crippen MR) is 126 cm³/mol. The van der Waals surface area contributed by atoms with Crippen molar-refractivity contribution in [1.29, 1.82) is 1.28 Å². The van der Waals surface area contributed by atoms with E-state index in [0.717, 1.165) is 31.4 Å². The van der Waals surface area contributed by atoms with Crippen molar-refractivity contribution < 1.29 is 19.2 Å². The van der Waals surface area contributed by atoms with E-state index in [1.54, 1.807) is 30.9 Å². The van der Waals surface area contributed by atoms with Crippen molar-refractivity contribution >= 4 is 27.2 Å². The molecule has 33 heavy (non-hydrogen) atoms. The number of nitrogens with one attached hydrogen (secondary N) is 3. The normalized spacial score (nSPS) is 21.1. The van der Waals surface area contributed by atoms with E-state index in [9.17, 15) is 14.7 Å². The molecule has 2 aromatic heterocycles. The van der Waals surface area contributed by atoms with E-state index in [1.807, 2.05) is 0 Å². The fourth-order valence-corrected chi connectivity index (χ4v) is 3.63. The Balaban J connectivity index is 1.28. The van der Waals surface area contributed by atoms with E-state index in [-0.39, 0.29) is 18.9 Å². The van der Waals surface area contributed by atoms with Gasteiger partial charge in [0.05, 0.1) is 32.2 Å². The van der Waals surface area contributed by atoms with Crippen LogP contribution in [0.3, 0.4) is 0 Å². The third kappa shape index (κ3) is 8.04. The lowest BCUT2D eigenvalue weighted by Crippen LogP contribution is -2.28. The van der Waals surface area contributed by atoms with Crippen LogP contribution in [0.15, 0.2) is 35.7 Å². The number of nitrogens with zero attached hydrogens (tertiary/aromatic N) is 3. The van der Waals surface area contributed by atoms with Crippen LogP contribution in [-0.2, 0) is 14.1 Å². The van der Waals surface area contributed by atoms with Crippen LogP contribution >= 0.6 is 9.41 Å². The predicted octanol–water partition coefficient (Wildman–Crippen LogP) is 1.22. The average molecular weight is 480 g/mol. The molecule has 0 bridgehead atoms. The third-order valence-electron chi connectivity index (χ3n) is 5.23. The summed E-state index contributed by atoms with van der Waals surface area (Å²) in [5.74, 6) is 0.359. The van der Waals surface area contributed by atoms with Gasteiger partial charge in [-0.1, -0.05) is 12.8 Å². The number of imidazole rings is 1. The number of anilines is 1. The molecule has 11 nitrogen and oxygen atoms in total. The van der Waals surface area contributed by atoms with E-state index in [4.69, 9.17) is 10.5 Å². The molecule has 0 saturated carbocycles. The first kappa shape index (κ1) is 23.6. The minimum atomic E-state index is -0.752. The third-order valence-corrected chi connectivity index (χ3v) is 5.40. The topological polar surface area (TPSA) is 143 Å². The Hall–Kier alpha value is -2.59. The number of aromatic nitrogens is 4. The molecule has 1 amide bonds. The summed E-state index contributed by atoms with van der Waals surface area (Å²) in [7, 11) is -0.430. The monoisotopic (exact) mass is 480 g/mol. The van der Waals surface area contributed by atoms with E-state index < -0.39 is 33.5 Å². The first-order valence-electron chi connectivity index (χ1n) is 11.5. The molecular weight excluding hydrogens is 447 g/mol. The lowest BCUT2D eigenvalue weighted by molar-refractivity contribution is -0.116. The fraction of sp³-hybridized carbons (Fsp3) is 0.524. The summed E-state index contributed by atoms with van der Waals surface area (Å²) in [6.45, 7) is 1.42. The molecule has 1 fully saturated rings. The SMILES string of the molecule is [3H]POCC1OC(n2ccc(NCCCCCCNC(=O)C=Cc3cnc[nH]3)nc2=O)CC1O. The number of aromatic amines is 1. The maximum atomic E-state index is 12.4. The van der Waals surface area contributed by atoms with Gasteiger partial charge in [-0.25, -0.2) is 9.78 Å². The van der Waals surface area contributed by atoms with Crippen molar-refractivity contribution in [1.82, 2.24) is 24.8 Å². The van der Waals surface area contributed by atoms with Crippen LogP contribution in [0, 0.1) is 0 Å². The molecule has 0 aliphatic carbocycles. The van der Waals surface area contributed by atoms with Crippen LogP contribution in [0.4, 0.5) is 5.82 Å². The quantitative estimate of drug-likeness (QED) is 0.180. The summed E-state index contributed by atoms with van der Waals surface area (Å²) in [6.07, 6.45) is 10.1. The molecule has 4 atom stereocenters. The highest BCUT2D eigenvalue weighted by Gasteiger charge is 2.35. The molecule has 3 rings (SSSR count). The summed E-state index contributed by atoms with van der Waals surface area (Å²) in [4.78, 5) is 34.9. The number of hydrogen-bond donors (Lipinski definition) is 4. The summed E-state index contributed by atoms with van der Waals surface area (Å²) in [5.41, 5.74) is 0.323. The minimum absolute atomic E-state index is 0.122. The zero-order valence-corrected chi connectivity index (χ0v) is 19.3. The number of rotatable bonds is 14. The number of ether oxygens (including phenoxy) is 1.